The van der Waals surface area contributed by atoms with E-state index in [-0.39, 0.29) is 11.2 Å². The lowest BCUT2D eigenvalue weighted by Crippen LogP contribution is -2.35. The first-order valence-corrected chi connectivity index (χ1v) is 8.87. The maximum atomic E-state index is 12.4. The topological polar surface area (TPSA) is 32.3 Å². The summed E-state index contributed by atoms with van der Waals surface area (Å²) < 4.78 is 0.890. The van der Waals surface area contributed by atoms with Crippen molar-refractivity contribution >= 4 is 39.9 Å². The number of anilines is 1. The summed E-state index contributed by atoms with van der Waals surface area (Å²) in [5.74, 6) is 0.0873. The number of nitrogens with zero attached hydrogens (tertiary/aromatic N) is 1. The number of thiocarbonyl (C=S) groups is 1. The number of hydrogen-bond acceptors (Lipinski definition) is 3. The number of hydrogen-bond donors (Lipinski definition) is 1. The first-order chi connectivity index (χ1) is 10.2. The Morgan fingerprint density at radius 3 is 2.81 bits per heavy atom. The lowest BCUT2D eigenvalue weighted by Gasteiger charge is -2.29. The predicted octanol–water partition coefficient (Wildman–Crippen LogP) is 3.44. The summed E-state index contributed by atoms with van der Waals surface area (Å²) >= 11 is 7.11. The van der Waals surface area contributed by atoms with Crippen molar-refractivity contribution in [3.63, 3.8) is 0 Å². The molecule has 0 radical (unpaired) electrons. The van der Waals surface area contributed by atoms with Gasteiger partial charge in [-0.25, -0.2) is 0 Å². The van der Waals surface area contributed by atoms with Crippen LogP contribution in [0.25, 0.3) is 0 Å². The van der Waals surface area contributed by atoms with Crippen LogP contribution in [0.1, 0.15) is 31.2 Å². The van der Waals surface area contributed by atoms with Gasteiger partial charge in [0.05, 0.1) is 5.25 Å². The Hall–Kier alpha value is -1.07. The van der Waals surface area contributed by atoms with E-state index in [0.717, 1.165) is 35.9 Å². The molecule has 1 atom stereocenters. The number of para-hydroxylation sites is 1. The summed E-state index contributed by atoms with van der Waals surface area (Å²) in [7, 11) is 0. The Balaban J connectivity index is 1.64. The van der Waals surface area contributed by atoms with Crippen LogP contribution in [0, 0.1) is 0 Å². The fourth-order valence-corrected chi connectivity index (χ4v) is 4.38. The molecule has 0 bridgehead atoms. The van der Waals surface area contributed by atoms with E-state index < -0.39 is 0 Å². The number of aryl methyl sites for hydroxylation is 1. The van der Waals surface area contributed by atoms with Gasteiger partial charge in [-0.1, -0.05) is 42.2 Å². The van der Waals surface area contributed by atoms with Crippen LogP contribution in [0.3, 0.4) is 0 Å². The number of thioether (sulfide) groups is 1. The van der Waals surface area contributed by atoms with Gasteiger partial charge in [0, 0.05) is 18.8 Å². The van der Waals surface area contributed by atoms with Crippen LogP contribution in [0.2, 0.25) is 0 Å². The molecule has 1 amide bonds. The van der Waals surface area contributed by atoms with Gasteiger partial charge in [-0.3, -0.25) is 4.79 Å². The molecular formula is C16H20N2OS2. The smallest absolute Gasteiger partial charge is 0.237 e. The number of piperidine rings is 1. The fourth-order valence-electron chi connectivity index (χ4n) is 2.88. The molecule has 1 aromatic rings. The molecule has 2 aliphatic heterocycles. The lowest BCUT2D eigenvalue weighted by atomic mass is 10.1. The van der Waals surface area contributed by atoms with Crippen LogP contribution in [-0.4, -0.2) is 33.5 Å². The highest BCUT2D eigenvalue weighted by atomic mass is 32.2. The normalized spacial score (nSPS) is 22.2. The second-order valence-corrected chi connectivity index (χ2v) is 7.44. The van der Waals surface area contributed by atoms with Crippen molar-refractivity contribution in [2.24, 2.45) is 0 Å². The van der Waals surface area contributed by atoms with Crippen LogP contribution in [0.15, 0.2) is 24.3 Å². The largest absolute Gasteiger partial charge is 0.358 e. The van der Waals surface area contributed by atoms with E-state index in [2.05, 4.69) is 16.3 Å². The highest BCUT2D eigenvalue weighted by molar-refractivity contribution is 8.23. The second kappa shape index (κ2) is 6.79. The molecule has 1 N–H and O–H groups in total. The number of benzene rings is 1. The second-order valence-electron chi connectivity index (χ2n) is 5.61. The van der Waals surface area contributed by atoms with Gasteiger partial charge in [-0.2, -0.15) is 0 Å². The minimum absolute atomic E-state index is 0.0770. The number of nitrogens with one attached hydrogen (secondary N) is 1. The lowest BCUT2D eigenvalue weighted by molar-refractivity contribution is -0.115. The molecule has 3 nitrogen and oxygen atoms in total. The highest BCUT2D eigenvalue weighted by Crippen LogP contribution is 2.29. The van der Waals surface area contributed by atoms with E-state index in [4.69, 9.17) is 12.2 Å². The van der Waals surface area contributed by atoms with E-state index >= 15 is 0 Å². The SMILES string of the molecule is O=C1Nc2ccccc2CC[C@H]1SC(=S)N1CCCCC1. The van der Waals surface area contributed by atoms with E-state index in [1.54, 1.807) is 11.8 Å². The Labute approximate surface area is 135 Å². The van der Waals surface area contributed by atoms with Crippen molar-refractivity contribution < 1.29 is 4.79 Å². The van der Waals surface area contributed by atoms with E-state index in [0.29, 0.717) is 0 Å². The number of carbonyl (C=O) groups excluding carboxylic acids is 1. The third-order valence-corrected chi connectivity index (χ3v) is 5.84. The predicted molar refractivity (Wildman–Crippen MR) is 92.8 cm³/mol. The quantitative estimate of drug-likeness (QED) is 0.803. The Kier molecular flexibility index (Phi) is 4.80. The number of fused-ring (bicyclic) bond motifs is 1. The molecule has 5 heteroatoms. The average molecular weight is 320 g/mol. The Morgan fingerprint density at radius 1 is 1.24 bits per heavy atom. The van der Waals surface area contributed by atoms with Gasteiger partial charge < -0.3 is 10.2 Å². The van der Waals surface area contributed by atoms with Crippen LogP contribution in [0.5, 0.6) is 0 Å². The van der Waals surface area contributed by atoms with Gasteiger partial charge in [0.25, 0.3) is 0 Å². The molecule has 3 rings (SSSR count). The molecule has 2 aliphatic rings. The van der Waals surface area contributed by atoms with Crippen molar-refractivity contribution in [1.29, 1.82) is 0 Å². The molecular weight excluding hydrogens is 300 g/mol. The third-order valence-electron chi connectivity index (χ3n) is 4.10. The standard InChI is InChI=1S/C16H20N2OS2/c19-15-14(21-16(20)18-10-4-1-5-11-18)9-8-12-6-2-3-7-13(12)17-15/h2-3,6-7,14H,1,4-5,8-11H2,(H,17,19)/t14-/m1/s1. The van der Waals surface area contributed by atoms with Gasteiger partial charge in [0.1, 0.15) is 4.32 Å². The van der Waals surface area contributed by atoms with Gasteiger partial charge >= 0.3 is 0 Å². The molecule has 0 unspecified atom stereocenters. The summed E-state index contributed by atoms with van der Waals surface area (Å²) in [4.78, 5) is 14.6. The monoisotopic (exact) mass is 320 g/mol. The van der Waals surface area contributed by atoms with Crippen molar-refractivity contribution in [2.75, 3.05) is 18.4 Å². The van der Waals surface area contributed by atoms with E-state index in [1.165, 1.54) is 24.8 Å². The van der Waals surface area contributed by atoms with Gasteiger partial charge in [0.2, 0.25) is 5.91 Å². The maximum absolute atomic E-state index is 12.4. The maximum Gasteiger partial charge on any atom is 0.237 e. The summed E-state index contributed by atoms with van der Waals surface area (Å²) in [6.45, 7) is 2.08. The minimum atomic E-state index is -0.0770. The van der Waals surface area contributed by atoms with Crippen LogP contribution in [0.4, 0.5) is 5.69 Å². The summed E-state index contributed by atoms with van der Waals surface area (Å²) in [5.41, 5.74) is 2.17. The zero-order valence-corrected chi connectivity index (χ0v) is 13.6. The minimum Gasteiger partial charge on any atom is -0.358 e. The number of likely N-dealkylation sites (tertiary alicyclic amines) is 1. The average Bonchev–Trinajstić information content (AvgIpc) is 2.67. The van der Waals surface area contributed by atoms with Gasteiger partial charge in [-0.05, 0) is 43.7 Å². The molecule has 1 saturated heterocycles. The van der Waals surface area contributed by atoms with Crippen molar-refractivity contribution in [2.45, 2.75) is 37.4 Å². The number of rotatable bonds is 1. The Morgan fingerprint density at radius 2 is 2.00 bits per heavy atom. The number of amides is 1. The van der Waals surface area contributed by atoms with Crippen molar-refractivity contribution in [1.82, 2.24) is 4.90 Å². The Bertz CT molecular complexity index is 541. The third kappa shape index (κ3) is 3.58. The molecule has 0 spiro atoms. The van der Waals surface area contributed by atoms with Crippen LogP contribution < -0.4 is 5.32 Å². The fraction of sp³-hybridized carbons (Fsp3) is 0.500. The number of carbonyl (C=O) groups is 1. The molecule has 0 saturated carbocycles. The van der Waals surface area contributed by atoms with Crippen molar-refractivity contribution in [3.05, 3.63) is 29.8 Å². The first-order valence-electron chi connectivity index (χ1n) is 7.58. The van der Waals surface area contributed by atoms with E-state index in [1.807, 2.05) is 18.2 Å². The zero-order chi connectivity index (χ0) is 14.7. The molecule has 112 valence electrons. The summed E-state index contributed by atoms with van der Waals surface area (Å²) in [6.07, 6.45) is 5.49. The molecule has 0 aromatic heterocycles. The first kappa shape index (κ1) is 14.9. The zero-order valence-electron chi connectivity index (χ0n) is 12.0. The molecule has 21 heavy (non-hydrogen) atoms. The van der Waals surface area contributed by atoms with Crippen molar-refractivity contribution in [3.8, 4) is 0 Å². The molecule has 1 fully saturated rings. The highest BCUT2D eigenvalue weighted by Gasteiger charge is 2.27. The van der Waals surface area contributed by atoms with Crippen LogP contribution >= 0.6 is 24.0 Å². The van der Waals surface area contributed by atoms with Gasteiger partial charge in [-0.15, -0.1) is 0 Å². The molecule has 1 aromatic carbocycles. The van der Waals surface area contributed by atoms with Gasteiger partial charge in [0.15, 0.2) is 0 Å². The summed E-state index contributed by atoms with van der Waals surface area (Å²) in [5, 5.41) is 2.97. The van der Waals surface area contributed by atoms with E-state index in [9.17, 15) is 4.79 Å². The molecule has 0 aliphatic carbocycles. The molecule has 2 heterocycles. The van der Waals surface area contributed by atoms with Crippen LogP contribution in [-0.2, 0) is 11.2 Å². The summed E-state index contributed by atoms with van der Waals surface area (Å²) in [6, 6.07) is 8.05.